The van der Waals surface area contributed by atoms with Gasteiger partial charge in [0.15, 0.2) is 12.2 Å². The van der Waals surface area contributed by atoms with Gasteiger partial charge in [0.25, 0.3) is 0 Å². The van der Waals surface area contributed by atoms with Crippen molar-refractivity contribution in [3.05, 3.63) is 82.8 Å². The fraction of sp³-hybridized carbons (Fsp3) is 0.250. The van der Waals surface area contributed by atoms with E-state index < -0.39 is 29.8 Å². The lowest BCUT2D eigenvalue weighted by Gasteiger charge is -2.28. The van der Waals surface area contributed by atoms with Gasteiger partial charge in [0.05, 0.1) is 17.6 Å². The molecule has 45 heavy (non-hydrogen) atoms. The topological polar surface area (TPSA) is 149 Å². The summed E-state index contributed by atoms with van der Waals surface area (Å²) < 4.78 is 7.58. The summed E-state index contributed by atoms with van der Waals surface area (Å²) in [6, 6.07) is 7.31. The van der Waals surface area contributed by atoms with E-state index in [0.717, 1.165) is 16.7 Å². The summed E-state index contributed by atoms with van der Waals surface area (Å²) in [4.78, 5) is 58.9. The first-order chi connectivity index (χ1) is 21.6. The molecule has 12 nitrogen and oxygen atoms in total. The second-order valence-electron chi connectivity index (χ2n) is 10.8. The van der Waals surface area contributed by atoms with Crippen LogP contribution in [0, 0.1) is 26.2 Å². The molecular formula is C32H27BrN8O4. The Bertz CT molecular complexity index is 1980. The summed E-state index contributed by atoms with van der Waals surface area (Å²) in [6.45, 7) is 4.77. The quantitative estimate of drug-likeness (QED) is 0.151. The highest BCUT2D eigenvalue weighted by atomic mass is 79.9. The Morgan fingerprint density at radius 2 is 1.89 bits per heavy atom. The number of aromatic nitrogens is 6. The number of oxazole rings is 1. The van der Waals surface area contributed by atoms with Crippen molar-refractivity contribution < 1.29 is 18.8 Å². The molecular weight excluding hydrogens is 640 g/mol. The van der Waals surface area contributed by atoms with Gasteiger partial charge in [-0.05, 0) is 65.5 Å². The number of fused-ring (bicyclic) bond motifs is 1. The van der Waals surface area contributed by atoms with Crippen molar-refractivity contribution in [2.24, 2.45) is 0 Å². The van der Waals surface area contributed by atoms with Gasteiger partial charge in [-0.3, -0.25) is 19.1 Å². The third-order valence-electron chi connectivity index (χ3n) is 7.86. The van der Waals surface area contributed by atoms with Gasteiger partial charge in [-0.15, -0.1) is 6.42 Å². The zero-order valence-corrected chi connectivity index (χ0v) is 26.1. The number of nitrogens with one attached hydrogen (secondary N) is 1. The first kappa shape index (κ1) is 29.8. The van der Waals surface area contributed by atoms with Crippen LogP contribution in [0.15, 0.2) is 64.3 Å². The zero-order valence-electron chi connectivity index (χ0n) is 24.6. The van der Waals surface area contributed by atoms with Crippen molar-refractivity contribution in [2.75, 3.05) is 5.32 Å². The van der Waals surface area contributed by atoms with E-state index in [4.69, 9.17) is 10.8 Å². The van der Waals surface area contributed by atoms with Gasteiger partial charge in [-0.25, -0.2) is 19.9 Å². The number of halogens is 1. The van der Waals surface area contributed by atoms with Gasteiger partial charge < -0.3 is 14.6 Å². The normalized spacial score (nSPS) is 17.8. The van der Waals surface area contributed by atoms with Gasteiger partial charge in [0.1, 0.15) is 46.3 Å². The van der Waals surface area contributed by atoms with Crippen LogP contribution in [0.2, 0.25) is 0 Å². The molecule has 0 saturated carbocycles. The molecule has 5 aromatic rings. The highest BCUT2D eigenvalue weighted by Crippen LogP contribution is 2.38. The van der Waals surface area contributed by atoms with Crippen molar-refractivity contribution in [3.63, 3.8) is 0 Å². The van der Waals surface area contributed by atoms with E-state index in [1.165, 1.54) is 29.1 Å². The Labute approximate surface area is 266 Å². The van der Waals surface area contributed by atoms with E-state index in [1.807, 2.05) is 25.1 Å². The Morgan fingerprint density at radius 3 is 2.58 bits per heavy atom. The van der Waals surface area contributed by atoms with E-state index in [0.29, 0.717) is 32.9 Å². The lowest BCUT2D eigenvalue weighted by atomic mass is 9.97. The number of ketones is 1. The maximum absolute atomic E-state index is 14.1. The smallest absolute Gasteiger partial charge is 0.248 e. The van der Waals surface area contributed by atoms with Gasteiger partial charge in [-0.1, -0.05) is 18.1 Å². The number of carbonyl (C=O) groups excluding carboxylic acids is 3. The molecule has 226 valence electrons. The molecule has 0 radical (unpaired) electrons. The Hall–Kier alpha value is -5.22. The summed E-state index contributed by atoms with van der Waals surface area (Å²) in [6.07, 6.45) is 12.4. The molecule has 1 saturated heterocycles. The average molecular weight is 668 g/mol. The number of rotatable bonds is 7. The first-order valence-corrected chi connectivity index (χ1v) is 14.8. The van der Waals surface area contributed by atoms with E-state index >= 15 is 0 Å². The number of Topliss-reactive ketones (excluding diaryl/α,β-unsaturated/α-hetero) is 1. The first-order valence-electron chi connectivity index (χ1n) is 14.0. The number of likely N-dealkylation sites (tertiary alicyclic amines) is 1. The van der Waals surface area contributed by atoms with Crippen LogP contribution in [0.3, 0.4) is 0 Å². The van der Waals surface area contributed by atoms with Crippen LogP contribution < -0.4 is 5.32 Å². The SMILES string of the molecule is C#C[C@@H]1[C@@H](c2cnco2)C[C@@H](C(=O)Nc2nc(Br)ccc2C)N1C(=O)Cn1nc(C(C)=O)c2cc(-c3cnc(C)nc3)ccc21. The largest absolute Gasteiger partial charge is 0.448 e. The minimum Gasteiger partial charge on any atom is -0.448 e. The van der Waals surface area contributed by atoms with E-state index in [2.05, 4.69) is 52.2 Å². The molecule has 3 atom stereocenters. The van der Waals surface area contributed by atoms with Crippen LogP contribution in [-0.4, -0.2) is 64.3 Å². The molecule has 1 aliphatic rings. The molecule has 5 heterocycles. The number of amides is 2. The summed E-state index contributed by atoms with van der Waals surface area (Å²) >= 11 is 3.34. The van der Waals surface area contributed by atoms with Crippen molar-refractivity contribution in [3.8, 4) is 23.5 Å². The van der Waals surface area contributed by atoms with Crippen LogP contribution in [0.25, 0.3) is 22.0 Å². The maximum Gasteiger partial charge on any atom is 0.248 e. The molecule has 0 aliphatic carbocycles. The Kier molecular flexibility index (Phi) is 7.99. The van der Waals surface area contributed by atoms with E-state index in [-0.39, 0.29) is 24.4 Å². The van der Waals surface area contributed by atoms with Crippen molar-refractivity contribution in [2.45, 2.75) is 51.7 Å². The number of anilines is 1. The number of hydrogen-bond donors (Lipinski definition) is 1. The predicted octanol–water partition coefficient (Wildman–Crippen LogP) is 4.48. The summed E-state index contributed by atoms with van der Waals surface area (Å²) in [5.41, 5.74) is 3.11. The highest BCUT2D eigenvalue weighted by Gasteiger charge is 2.48. The molecule has 13 heteroatoms. The molecule has 2 amide bonds. The number of carbonyl (C=O) groups is 3. The Morgan fingerprint density at radius 1 is 1.11 bits per heavy atom. The average Bonchev–Trinajstić information content (AvgIpc) is 3.77. The number of pyridine rings is 1. The minimum atomic E-state index is -0.948. The van der Waals surface area contributed by atoms with Gasteiger partial charge >= 0.3 is 0 Å². The maximum atomic E-state index is 14.1. The highest BCUT2D eigenvalue weighted by molar-refractivity contribution is 9.10. The monoisotopic (exact) mass is 666 g/mol. The second-order valence-corrected chi connectivity index (χ2v) is 11.6. The molecule has 1 fully saturated rings. The van der Waals surface area contributed by atoms with Gasteiger partial charge in [0.2, 0.25) is 11.8 Å². The molecule has 1 N–H and O–H groups in total. The van der Waals surface area contributed by atoms with Crippen LogP contribution in [-0.2, 0) is 16.1 Å². The molecule has 6 rings (SSSR count). The van der Waals surface area contributed by atoms with Crippen molar-refractivity contribution in [1.82, 2.24) is 34.6 Å². The van der Waals surface area contributed by atoms with Crippen LogP contribution in [0.4, 0.5) is 5.82 Å². The summed E-state index contributed by atoms with van der Waals surface area (Å²) in [5.74, 6) is 2.54. The fourth-order valence-electron chi connectivity index (χ4n) is 5.63. The number of aryl methyl sites for hydroxylation is 2. The fourth-order valence-corrected chi connectivity index (χ4v) is 5.94. The summed E-state index contributed by atoms with van der Waals surface area (Å²) in [5, 5.41) is 7.96. The second kappa shape index (κ2) is 12.0. The number of nitrogens with zero attached hydrogens (tertiary/aromatic N) is 7. The number of hydrogen-bond acceptors (Lipinski definition) is 9. The zero-order chi connectivity index (χ0) is 31.8. The van der Waals surface area contributed by atoms with Crippen LogP contribution in [0.5, 0.6) is 0 Å². The standard InChI is InChI=1S/C32H27BrN8O4/c1-5-24-22(27-14-34-16-45-27)11-26(32(44)38-31-17(2)6-9-28(33)37-31)41(24)29(43)15-40-25-8-7-20(21-12-35-19(4)36-13-21)10-23(25)30(39-40)18(3)42/h1,6-10,12-14,16,22,24,26H,11,15H2,2-4H3,(H,37,38,44)/t22-,24+,26-/m0/s1. The third kappa shape index (κ3) is 5.72. The van der Waals surface area contributed by atoms with Crippen molar-refractivity contribution in [1.29, 1.82) is 0 Å². The van der Waals surface area contributed by atoms with Crippen LogP contribution >= 0.6 is 15.9 Å². The number of terminal acetylenes is 1. The Balaban J connectivity index is 1.36. The number of benzene rings is 1. The molecule has 1 aliphatic heterocycles. The van der Waals surface area contributed by atoms with Crippen molar-refractivity contribution >= 4 is 50.2 Å². The van der Waals surface area contributed by atoms with Gasteiger partial charge in [0, 0.05) is 30.3 Å². The lowest BCUT2D eigenvalue weighted by Crippen LogP contribution is -2.48. The summed E-state index contributed by atoms with van der Waals surface area (Å²) in [7, 11) is 0. The molecule has 4 aromatic heterocycles. The van der Waals surface area contributed by atoms with Gasteiger partial charge in [-0.2, -0.15) is 5.10 Å². The molecule has 1 aromatic carbocycles. The molecule has 0 spiro atoms. The van der Waals surface area contributed by atoms with Crippen LogP contribution in [0.1, 0.15) is 46.9 Å². The van der Waals surface area contributed by atoms with E-state index in [1.54, 1.807) is 31.5 Å². The molecule has 0 bridgehead atoms. The minimum absolute atomic E-state index is 0.204. The lowest BCUT2D eigenvalue weighted by molar-refractivity contribution is -0.138. The van der Waals surface area contributed by atoms with E-state index in [9.17, 15) is 14.4 Å². The molecule has 0 unspecified atom stereocenters. The predicted molar refractivity (Wildman–Crippen MR) is 168 cm³/mol. The third-order valence-corrected chi connectivity index (χ3v) is 8.30.